The Labute approximate surface area is 236 Å². The van der Waals surface area contributed by atoms with Gasteiger partial charge in [-0.05, 0) is 38.0 Å². The number of hydrogen-bond donors (Lipinski definition) is 1. The van der Waals surface area contributed by atoms with Crippen molar-refractivity contribution >= 4 is 29.1 Å². The Morgan fingerprint density at radius 2 is 2.12 bits per heavy atom. The van der Waals surface area contributed by atoms with Gasteiger partial charge in [0.2, 0.25) is 0 Å². The van der Waals surface area contributed by atoms with Crippen LogP contribution in [-0.4, -0.2) is 73.2 Å². The van der Waals surface area contributed by atoms with E-state index < -0.39 is 17.8 Å². The third kappa shape index (κ3) is 5.94. The molecule has 1 aliphatic carbocycles. The van der Waals surface area contributed by atoms with Crippen LogP contribution in [0.1, 0.15) is 42.4 Å². The van der Waals surface area contributed by atoms with Crippen LogP contribution in [0.25, 0.3) is 0 Å². The number of hydrogen-bond acceptors (Lipinski definition) is 10. The molecular formula is C29H31FN4O5S. The van der Waals surface area contributed by atoms with E-state index in [0.29, 0.717) is 66.1 Å². The van der Waals surface area contributed by atoms with Gasteiger partial charge in [-0.25, -0.2) is 14.2 Å². The summed E-state index contributed by atoms with van der Waals surface area (Å²) >= 11 is 1.41. The average molecular weight is 567 g/mol. The van der Waals surface area contributed by atoms with Crippen LogP contribution in [0.2, 0.25) is 0 Å². The largest absolute Gasteiger partial charge is 0.466 e. The number of rotatable bonds is 9. The Kier molecular flexibility index (Phi) is 8.59. The van der Waals surface area contributed by atoms with Crippen molar-refractivity contribution in [2.75, 3.05) is 39.5 Å². The van der Waals surface area contributed by atoms with Crippen molar-refractivity contribution in [1.29, 1.82) is 0 Å². The van der Waals surface area contributed by atoms with E-state index in [1.54, 1.807) is 26.1 Å². The van der Waals surface area contributed by atoms with E-state index in [9.17, 15) is 14.0 Å². The van der Waals surface area contributed by atoms with Crippen LogP contribution < -0.4 is 5.32 Å². The lowest BCUT2D eigenvalue weighted by Crippen LogP contribution is -2.47. The molecule has 2 unspecified atom stereocenters. The van der Waals surface area contributed by atoms with E-state index in [2.05, 4.69) is 21.1 Å². The number of terminal acetylenes is 1. The van der Waals surface area contributed by atoms with Crippen molar-refractivity contribution in [3.63, 3.8) is 0 Å². The van der Waals surface area contributed by atoms with Crippen LogP contribution >= 0.6 is 11.3 Å². The Hall–Kier alpha value is -3.59. The Morgan fingerprint density at radius 1 is 1.30 bits per heavy atom. The van der Waals surface area contributed by atoms with Gasteiger partial charge in [0, 0.05) is 48.4 Å². The quantitative estimate of drug-likeness (QED) is 0.365. The fraction of sp³-hybridized carbons (Fsp3) is 0.448. The molecular weight excluding hydrogens is 535 g/mol. The number of nitrogens with zero attached hydrogens (tertiary/aromatic N) is 3. The van der Waals surface area contributed by atoms with Gasteiger partial charge >= 0.3 is 11.9 Å². The second-order valence-corrected chi connectivity index (χ2v) is 10.6. The molecule has 1 N–H and O–H groups in total. The number of carbonyl (C=O) groups is 2. The summed E-state index contributed by atoms with van der Waals surface area (Å²) in [6.45, 7) is 6.16. The summed E-state index contributed by atoms with van der Waals surface area (Å²) in [5.41, 5.74) is 1.74. The molecule has 11 heteroatoms. The minimum absolute atomic E-state index is 0.109. The molecule has 0 spiro atoms. The molecule has 4 atom stereocenters. The number of nitrogens with one attached hydrogen (secondary N) is 1. The van der Waals surface area contributed by atoms with Crippen LogP contribution in [0.4, 0.5) is 4.39 Å². The van der Waals surface area contributed by atoms with Crippen LogP contribution in [0.5, 0.6) is 0 Å². The molecule has 3 aliphatic rings. The van der Waals surface area contributed by atoms with Gasteiger partial charge in [0.05, 0.1) is 37.4 Å². The molecule has 40 heavy (non-hydrogen) atoms. The normalized spacial score (nSPS) is 24.5. The zero-order chi connectivity index (χ0) is 28.2. The highest BCUT2D eigenvalue weighted by Crippen LogP contribution is 2.44. The number of morpholine rings is 1. The summed E-state index contributed by atoms with van der Waals surface area (Å²) in [5, 5.41) is 5.82. The van der Waals surface area contributed by atoms with Crippen LogP contribution in [0.3, 0.4) is 0 Å². The second kappa shape index (κ2) is 12.3. The van der Waals surface area contributed by atoms with Gasteiger partial charge in [-0.3, -0.25) is 14.7 Å². The summed E-state index contributed by atoms with van der Waals surface area (Å²) < 4.78 is 30.8. The number of ether oxygens (including phenoxy) is 3. The van der Waals surface area contributed by atoms with Gasteiger partial charge in [-0.15, -0.1) is 17.8 Å². The molecule has 1 aromatic heterocycles. The molecule has 1 saturated heterocycles. The molecule has 2 aliphatic heterocycles. The van der Waals surface area contributed by atoms with Crippen molar-refractivity contribution in [2.24, 2.45) is 16.8 Å². The lowest BCUT2D eigenvalue weighted by molar-refractivity contribution is -0.146. The number of halogens is 1. The van der Waals surface area contributed by atoms with E-state index >= 15 is 0 Å². The number of benzene rings is 1. The standard InChI is InChI=1S/C29H31FN4O5S/c1-4-17-13-18(30)7-8-19(17)25-24(29(36)38-6-3)22(32-26(33-25)27-31-9-12-40-27)15-34-10-11-39-23(16-34)20-14-21(20)28(35)37-5-2/h1,7-9,12-13,20-21,23,25H,5-6,10-11,14-16H2,2-3H3,(H,32,33)/t20?,21?,23-,25-/m0/s1. The molecule has 3 heterocycles. The molecule has 0 bridgehead atoms. The summed E-state index contributed by atoms with van der Waals surface area (Å²) in [5.74, 6) is 1.82. The number of thiazole rings is 1. The monoisotopic (exact) mass is 566 g/mol. The molecule has 9 nitrogen and oxygen atoms in total. The number of esters is 2. The molecule has 2 fully saturated rings. The van der Waals surface area contributed by atoms with Gasteiger partial charge in [0.25, 0.3) is 0 Å². The molecule has 2 aromatic rings. The number of aliphatic imine (C=N–C) groups is 1. The zero-order valence-corrected chi connectivity index (χ0v) is 23.2. The van der Waals surface area contributed by atoms with E-state index in [0.717, 1.165) is 6.42 Å². The maximum atomic E-state index is 14.1. The molecule has 0 radical (unpaired) electrons. The van der Waals surface area contributed by atoms with E-state index in [1.807, 2.05) is 5.38 Å². The second-order valence-electron chi connectivity index (χ2n) is 9.73. The van der Waals surface area contributed by atoms with E-state index in [4.69, 9.17) is 25.6 Å². The van der Waals surface area contributed by atoms with Crippen molar-refractivity contribution in [3.05, 3.63) is 63.0 Å². The van der Waals surface area contributed by atoms with Crippen LogP contribution in [0.15, 0.2) is 46.0 Å². The fourth-order valence-electron chi connectivity index (χ4n) is 5.24. The minimum Gasteiger partial charge on any atom is -0.466 e. The Bertz CT molecular complexity index is 1370. The zero-order valence-electron chi connectivity index (χ0n) is 22.4. The first-order chi connectivity index (χ1) is 19.4. The average Bonchev–Trinajstić information content (AvgIpc) is 3.57. The Morgan fingerprint density at radius 3 is 2.85 bits per heavy atom. The van der Waals surface area contributed by atoms with E-state index in [1.165, 1.54) is 23.5 Å². The molecule has 1 aromatic carbocycles. The SMILES string of the molecule is C#Cc1cc(F)ccc1[C@@H]1N=C(c2nccs2)NC(CN2CCO[C@H](C3CC3C(=O)OCC)C2)=C1C(=O)OCC. The summed E-state index contributed by atoms with van der Waals surface area (Å²) in [6.07, 6.45) is 8.04. The van der Waals surface area contributed by atoms with Crippen LogP contribution in [-0.2, 0) is 23.8 Å². The van der Waals surface area contributed by atoms with Gasteiger partial charge in [0.15, 0.2) is 10.8 Å². The smallest absolute Gasteiger partial charge is 0.338 e. The fourth-order valence-corrected chi connectivity index (χ4v) is 5.83. The highest BCUT2D eigenvalue weighted by atomic mass is 32.1. The Balaban J connectivity index is 1.48. The maximum absolute atomic E-state index is 14.1. The summed E-state index contributed by atoms with van der Waals surface area (Å²) in [4.78, 5) is 37.1. The number of carbonyl (C=O) groups excluding carboxylic acids is 2. The maximum Gasteiger partial charge on any atom is 0.338 e. The number of aromatic nitrogens is 1. The van der Waals surface area contributed by atoms with Gasteiger partial charge < -0.3 is 19.5 Å². The predicted octanol–water partition coefficient (Wildman–Crippen LogP) is 3.07. The van der Waals surface area contributed by atoms with Gasteiger partial charge in [-0.1, -0.05) is 12.0 Å². The summed E-state index contributed by atoms with van der Waals surface area (Å²) in [6, 6.07) is 3.31. The first kappa shape index (κ1) is 28.0. The van der Waals surface area contributed by atoms with Crippen molar-refractivity contribution in [1.82, 2.24) is 15.2 Å². The van der Waals surface area contributed by atoms with Gasteiger partial charge in [-0.2, -0.15) is 0 Å². The van der Waals surface area contributed by atoms with Crippen molar-refractivity contribution in [3.8, 4) is 12.3 Å². The molecule has 210 valence electrons. The first-order valence-corrected chi connectivity index (χ1v) is 14.2. The van der Waals surface area contributed by atoms with E-state index in [-0.39, 0.29) is 30.5 Å². The summed E-state index contributed by atoms with van der Waals surface area (Å²) in [7, 11) is 0. The number of amidine groups is 1. The topological polar surface area (TPSA) is 102 Å². The highest BCUT2D eigenvalue weighted by molar-refractivity contribution is 7.11. The lowest BCUT2D eigenvalue weighted by Gasteiger charge is -2.36. The lowest BCUT2D eigenvalue weighted by atomic mass is 9.92. The predicted molar refractivity (Wildman–Crippen MR) is 147 cm³/mol. The third-order valence-corrected chi connectivity index (χ3v) is 7.97. The van der Waals surface area contributed by atoms with Crippen molar-refractivity contribution < 1.29 is 28.2 Å². The highest BCUT2D eigenvalue weighted by Gasteiger charge is 2.50. The van der Waals surface area contributed by atoms with Crippen molar-refractivity contribution in [2.45, 2.75) is 32.4 Å². The molecule has 5 rings (SSSR count). The molecule has 0 amide bonds. The molecule has 1 saturated carbocycles. The van der Waals surface area contributed by atoms with Crippen LogP contribution in [0, 0.1) is 30.0 Å². The third-order valence-electron chi connectivity index (χ3n) is 7.19. The minimum atomic E-state index is -0.825. The van der Waals surface area contributed by atoms with Gasteiger partial charge in [0.1, 0.15) is 11.9 Å². The first-order valence-electron chi connectivity index (χ1n) is 13.3.